The summed E-state index contributed by atoms with van der Waals surface area (Å²) in [5.41, 5.74) is 8.35. The fourth-order valence-corrected chi connectivity index (χ4v) is 1.45. The number of aromatic nitrogens is 1. The predicted octanol–water partition coefficient (Wildman–Crippen LogP) is 2.31. The fraction of sp³-hybridized carbons (Fsp3) is 0.417. The van der Waals surface area contributed by atoms with Crippen LogP contribution in [0.15, 0.2) is 36.7 Å². The molecule has 0 radical (unpaired) electrons. The van der Waals surface area contributed by atoms with Gasteiger partial charge in [0, 0.05) is 18.4 Å². The van der Waals surface area contributed by atoms with Gasteiger partial charge in [-0.2, -0.15) is 0 Å². The van der Waals surface area contributed by atoms with Crippen LogP contribution in [0, 0.1) is 0 Å². The van der Waals surface area contributed by atoms with Gasteiger partial charge in [-0.25, -0.2) is 0 Å². The molecule has 0 aliphatic heterocycles. The van der Waals surface area contributed by atoms with Crippen molar-refractivity contribution >= 4 is 0 Å². The summed E-state index contributed by atoms with van der Waals surface area (Å²) in [6.45, 7) is 5.88. The van der Waals surface area contributed by atoms with E-state index in [-0.39, 0.29) is 6.04 Å². The molecule has 76 valence electrons. The molecule has 0 saturated carbocycles. The van der Waals surface area contributed by atoms with Gasteiger partial charge in [-0.3, -0.25) is 4.98 Å². The Hall–Kier alpha value is -1.15. The Morgan fingerprint density at radius 3 is 3.00 bits per heavy atom. The highest BCUT2D eigenvalue weighted by atomic mass is 14.6. The lowest BCUT2D eigenvalue weighted by Gasteiger charge is -2.10. The van der Waals surface area contributed by atoms with Crippen molar-refractivity contribution in [3.05, 3.63) is 42.2 Å². The molecule has 1 atom stereocenters. The highest BCUT2D eigenvalue weighted by Crippen LogP contribution is 2.07. The largest absolute Gasteiger partial charge is 0.327 e. The maximum Gasteiger partial charge on any atom is 0.0299 e. The normalized spacial score (nSPS) is 12.4. The second-order valence-electron chi connectivity index (χ2n) is 3.82. The Morgan fingerprint density at radius 1 is 1.64 bits per heavy atom. The SMILES string of the molecule is C=C(C)CC(N)CCc1cccnc1. The monoisotopic (exact) mass is 190 g/mol. The zero-order chi connectivity index (χ0) is 10.4. The molecule has 0 spiro atoms. The third-order valence-corrected chi connectivity index (χ3v) is 2.14. The van der Waals surface area contributed by atoms with Gasteiger partial charge in [-0.1, -0.05) is 11.6 Å². The first-order valence-corrected chi connectivity index (χ1v) is 4.97. The van der Waals surface area contributed by atoms with Crippen LogP contribution in [0.25, 0.3) is 0 Å². The average Bonchev–Trinajstić information content (AvgIpc) is 2.15. The van der Waals surface area contributed by atoms with Crippen molar-refractivity contribution in [1.82, 2.24) is 4.98 Å². The van der Waals surface area contributed by atoms with Crippen LogP contribution in [0.4, 0.5) is 0 Å². The van der Waals surface area contributed by atoms with E-state index in [0.717, 1.165) is 24.8 Å². The van der Waals surface area contributed by atoms with E-state index in [9.17, 15) is 0 Å². The third-order valence-electron chi connectivity index (χ3n) is 2.14. The van der Waals surface area contributed by atoms with Crippen molar-refractivity contribution in [2.45, 2.75) is 32.2 Å². The van der Waals surface area contributed by atoms with Crippen LogP contribution in [0.2, 0.25) is 0 Å². The Balaban J connectivity index is 2.30. The predicted molar refractivity (Wildman–Crippen MR) is 60.0 cm³/mol. The van der Waals surface area contributed by atoms with Gasteiger partial charge in [0.2, 0.25) is 0 Å². The minimum absolute atomic E-state index is 0.229. The van der Waals surface area contributed by atoms with E-state index in [2.05, 4.69) is 17.6 Å². The van der Waals surface area contributed by atoms with Gasteiger partial charge in [0.05, 0.1) is 0 Å². The molecule has 0 aromatic carbocycles. The van der Waals surface area contributed by atoms with Crippen LogP contribution in [0.1, 0.15) is 25.3 Å². The van der Waals surface area contributed by atoms with Crippen LogP contribution >= 0.6 is 0 Å². The molecule has 0 bridgehead atoms. The molecule has 1 aromatic heterocycles. The average molecular weight is 190 g/mol. The maximum atomic E-state index is 5.94. The molecule has 0 aliphatic rings. The first-order chi connectivity index (χ1) is 6.68. The zero-order valence-corrected chi connectivity index (χ0v) is 8.74. The van der Waals surface area contributed by atoms with Crippen molar-refractivity contribution < 1.29 is 0 Å². The molecule has 0 fully saturated rings. The first kappa shape index (κ1) is 10.9. The number of aryl methyl sites for hydroxylation is 1. The molecule has 14 heavy (non-hydrogen) atoms. The fourth-order valence-electron chi connectivity index (χ4n) is 1.45. The van der Waals surface area contributed by atoms with Gasteiger partial charge in [0.25, 0.3) is 0 Å². The Labute approximate surface area is 85.9 Å². The number of pyridine rings is 1. The summed E-state index contributed by atoms with van der Waals surface area (Å²) in [5, 5.41) is 0. The summed E-state index contributed by atoms with van der Waals surface area (Å²) in [4.78, 5) is 4.07. The van der Waals surface area contributed by atoms with Crippen molar-refractivity contribution in [3.8, 4) is 0 Å². The van der Waals surface area contributed by atoms with E-state index in [0.29, 0.717) is 0 Å². The molecule has 1 unspecified atom stereocenters. The summed E-state index contributed by atoms with van der Waals surface area (Å²) in [6, 6.07) is 4.27. The van der Waals surface area contributed by atoms with Gasteiger partial charge >= 0.3 is 0 Å². The topological polar surface area (TPSA) is 38.9 Å². The lowest BCUT2D eigenvalue weighted by atomic mass is 10.0. The zero-order valence-electron chi connectivity index (χ0n) is 8.74. The van der Waals surface area contributed by atoms with Crippen LogP contribution in [0.3, 0.4) is 0 Å². The molecule has 1 heterocycles. The standard InChI is InChI=1S/C12H18N2/c1-10(2)8-12(13)6-5-11-4-3-7-14-9-11/h3-4,7,9,12H,1,5-6,8,13H2,2H3. The minimum atomic E-state index is 0.229. The number of hydrogen-bond acceptors (Lipinski definition) is 2. The quantitative estimate of drug-likeness (QED) is 0.724. The number of nitrogens with zero attached hydrogens (tertiary/aromatic N) is 1. The van der Waals surface area contributed by atoms with Crippen LogP contribution in [-0.2, 0) is 6.42 Å². The third kappa shape index (κ3) is 4.19. The van der Waals surface area contributed by atoms with Gasteiger partial charge in [0.1, 0.15) is 0 Å². The van der Waals surface area contributed by atoms with Gasteiger partial charge in [0.15, 0.2) is 0 Å². The molecule has 2 nitrogen and oxygen atoms in total. The van der Waals surface area contributed by atoms with Crippen molar-refractivity contribution in [2.24, 2.45) is 5.73 Å². The molecule has 0 aliphatic carbocycles. The summed E-state index contributed by atoms with van der Waals surface area (Å²) >= 11 is 0. The van der Waals surface area contributed by atoms with Crippen LogP contribution in [0.5, 0.6) is 0 Å². The summed E-state index contributed by atoms with van der Waals surface area (Å²) in [7, 11) is 0. The number of hydrogen-bond donors (Lipinski definition) is 1. The van der Waals surface area contributed by atoms with Gasteiger partial charge in [-0.05, 0) is 37.8 Å². The first-order valence-electron chi connectivity index (χ1n) is 4.97. The van der Waals surface area contributed by atoms with E-state index in [4.69, 9.17) is 5.73 Å². The Kier molecular flexibility index (Phi) is 4.33. The second-order valence-corrected chi connectivity index (χ2v) is 3.82. The smallest absolute Gasteiger partial charge is 0.0299 e. The van der Waals surface area contributed by atoms with Crippen molar-refractivity contribution in [3.63, 3.8) is 0 Å². The van der Waals surface area contributed by atoms with Crippen molar-refractivity contribution in [1.29, 1.82) is 0 Å². The molecule has 0 saturated heterocycles. The number of nitrogens with two attached hydrogens (primary N) is 1. The molecule has 0 amide bonds. The number of rotatable bonds is 5. The summed E-state index contributed by atoms with van der Waals surface area (Å²) in [6.07, 6.45) is 6.60. The second kappa shape index (κ2) is 5.55. The Morgan fingerprint density at radius 2 is 2.43 bits per heavy atom. The lowest BCUT2D eigenvalue weighted by Crippen LogP contribution is -2.20. The van der Waals surface area contributed by atoms with E-state index in [1.807, 2.05) is 19.2 Å². The van der Waals surface area contributed by atoms with Gasteiger partial charge in [-0.15, -0.1) is 6.58 Å². The van der Waals surface area contributed by atoms with E-state index in [1.165, 1.54) is 5.56 Å². The lowest BCUT2D eigenvalue weighted by molar-refractivity contribution is 0.607. The van der Waals surface area contributed by atoms with E-state index >= 15 is 0 Å². The van der Waals surface area contributed by atoms with Crippen LogP contribution in [-0.4, -0.2) is 11.0 Å². The van der Waals surface area contributed by atoms with Crippen LogP contribution < -0.4 is 5.73 Å². The maximum absolute atomic E-state index is 5.94. The van der Waals surface area contributed by atoms with Crippen molar-refractivity contribution in [2.75, 3.05) is 0 Å². The highest BCUT2D eigenvalue weighted by Gasteiger charge is 2.02. The minimum Gasteiger partial charge on any atom is -0.327 e. The summed E-state index contributed by atoms with van der Waals surface area (Å²) < 4.78 is 0. The molecule has 2 heteroatoms. The molecule has 1 aromatic rings. The molecule has 2 N–H and O–H groups in total. The molecular weight excluding hydrogens is 172 g/mol. The van der Waals surface area contributed by atoms with Gasteiger partial charge < -0.3 is 5.73 Å². The highest BCUT2D eigenvalue weighted by molar-refractivity contribution is 5.08. The summed E-state index contributed by atoms with van der Waals surface area (Å²) in [5.74, 6) is 0. The van der Waals surface area contributed by atoms with E-state index < -0.39 is 0 Å². The molecular formula is C12H18N2. The van der Waals surface area contributed by atoms with E-state index in [1.54, 1.807) is 6.20 Å². The molecule has 1 rings (SSSR count). The Bertz CT molecular complexity index is 280.